The van der Waals surface area contributed by atoms with E-state index < -0.39 is 62.8 Å². The van der Waals surface area contributed by atoms with Gasteiger partial charge in [0, 0.05) is 27.2 Å². The molecule has 1 aliphatic carbocycles. The normalized spacial score (nSPS) is 19.9. The zero-order valence-electron chi connectivity index (χ0n) is 30.5. The van der Waals surface area contributed by atoms with Crippen molar-refractivity contribution in [1.82, 2.24) is 0 Å². The van der Waals surface area contributed by atoms with Crippen molar-refractivity contribution >= 4 is 69.2 Å². The summed E-state index contributed by atoms with van der Waals surface area (Å²) in [4.78, 5) is 4.06. The van der Waals surface area contributed by atoms with Crippen molar-refractivity contribution in [3.63, 3.8) is 0 Å². The van der Waals surface area contributed by atoms with Crippen LogP contribution in [0.2, 0.25) is 0 Å². The summed E-state index contributed by atoms with van der Waals surface area (Å²) in [6.07, 6.45) is 9.18. The summed E-state index contributed by atoms with van der Waals surface area (Å²) in [5.41, 5.74) is 3.87. The number of fused-ring (bicyclic) bond motifs is 2. The smallest absolute Gasteiger partial charge is 0.294 e. The van der Waals surface area contributed by atoms with Gasteiger partial charge in [0.15, 0.2) is 0 Å². The maximum Gasteiger partial charge on any atom is 0.294 e. The molecule has 0 unspecified atom stereocenters. The van der Waals surface area contributed by atoms with Crippen LogP contribution >= 0.6 is 11.6 Å². The van der Waals surface area contributed by atoms with Gasteiger partial charge < -0.3 is 5.32 Å². The third kappa shape index (κ3) is 9.51. The molecule has 0 fully saturated rings. The largest absolute Gasteiger partial charge is 0.358 e. The Labute approximate surface area is 327 Å². The van der Waals surface area contributed by atoms with Crippen molar-refractivity contribution in [2.75, 3.05) is 16.8 Å². The summed E-state index contributed by atoms with van der Waals surface area (Å²) >= 11 is 6.96. The molecular formula is C36H43ClN2O12S4. The number of anilines is 1. The summed E-state index contributed by atoms with van der Waals surface area (Å²) < 4.78 is 133. The van der Waals surface area contributed by atoms with E-state index in [2.05, 4.69) is 5.32 Å². The molecule has 5 rings (SSSR count). The molecule has 14 nitrogen and oxygen atoms in total. The molecule has 5 N–H and O–H groups in total. The SMILES string of the molecule is CC1(C)C(C=CC2=C(Cl)C(=CC=C3Nc4ccc(S(=O)(=O)O)c(CCCS(=O)(=O)O)c4C3(C)C)CCC2)=Nc2ccc(S(=O)(=O)O)c(CCCS(=O)(=O)O)c21. The van der Waals surface area contributed by atoms with Gasteiger partial charge in [0.05, 0.1) is 32.7 Å². The summed E-state index contributed by atoms with van der Waals surface area (Å²) in [5, 5.41) is 3.84. The maximum absolute atomic E-state index is 12.3. The molecule has 0 atom stereocenters. The van der Waals surface area contributed by atoms with Gasteiger partial charge in [-0.15, -0.1) is 0 Å². The first-order valence-electron chi connectivity index (χ1n) is 17.2. The van der Waals surface area contributed by atoms with E-state index >= 15 is 0 Å². The molecular weight excluding hydrogens is 816 g/mol. The number of rotatable bonds is 13. The van der Waals surface area contributed by atoms with E-state index in [0.29, 0.717) is 51.8 Å². The molecule has 300 valence electrons. The van der Waals surface area contributed by atoms with Crippen LogP contribution in [0.15, 0.2) is 85.2 Å². The van der Waals surface area contributed by atoms with E-state index in [0.717, 1.165) is 17.6 Å². The number of allylic oxidation sites excluding steroid dienone is 8. The third-order valence-corrected chi connectivity index (χ3v) is 14.1. The van der Waals surface area contributed by atoms with E-state index in [1.807, 2.05) is 45.9 Å². The van der Waals surface area contributed by atoms with Gasteiger partial charge in [-0.25, -0.2) is 0 Å². The predicted octanol–water partition coefficient (Wildman–Crippen LogP) is 6.63. The molecule has 0 bridgehead atoms. The summed E-state index contributed by atoms with van der Waals surface area (Å²) in [7, 11) is -17.9. The standard InChI is InChI=1S/C36H43ClN2O12S4/c1-35(2)30(38-26-14-16-28(54(46,47)48)24(32(26)35)10-6-20-52(40,41)42)18-12-22-8-5-9-23(34(22)37)13-19-31-36(3,4)33-25(11-7-21-53(43,44)45)29(55(49,50)51)17-15-27(33)39-31/h12-19,38H,5-11,20-21H2,1-4H3,(H,40,41,42)(H,43,44,45)(H,46,47,48)(H,49,50,51). The number of hydrogen-bond donors (Lipinski definition) is 5. The Morgan fingerprint density at radius 2 is 1.27 bits per heavy atom. The Hall–Kier alpha value is -3.20. The zero-order valence-corrected chi connectivity index (χ0v) is 34.5. The second kappa shape index (κ2) is 15.3. The van der Waals surface area contributed by atoms with Crippen molar-refractivity contribution in [2.24, 2.45) is 4.99 Å². The van der Waals surface area contributed by atoms with E-state index in [1.54, 1.807) is 6.08 Å². The molecule has 2 aliphatic heterocycles. The van der Waals surface area contributed by atoms with Crippen molar-refractivity contribution in [3.05, 3.63) is 92.7 Å². The fourth-order valence-electron chi connectivity index (χ4n) is 7.60. The first-order valence-corrected chi connectivity index (χ1v) is 23.7. The predicted molar refractivity (Wildman–Crippen MR) is 211 cm³/mol. The lowest BCUT2D eigenvalue weighted by Crippen LogP contribution is -2.26. The fourth-order valence-corrected chi connectivity index (χ4v) is 10.4. The van der Waals surface area contributed by atoms with E-state index in [4.69, 9.17) is 16.6 Å². The molecule has 0 radical (unpaired) electrons. The summed E-state index contributed by atoms with van der Waals surface area (Å²) in [5.74, 6) is -1.18. The van der Waals surface area contributed by atoms with Crippen LogP contribution in [0, 0.1) is 0 Å². The van der Waals surface area contributed by atoms with Crippen molar-refractivity contribution in [2.45, 2.75) is 93.3 Å². The minimum Gasteiger partial charge on any atom is -0.358 e. The number of halogens is 1. The van der Waals surface area contributed by atoms with E-state index in [1.165, 1.54) is 24.3 Å². The number of nitrogens with one attached hydrogen (secondary N) is 1. The minimum absolute atomic E-state index is 0.0357. The highest BCUT2D eigenvalue weighted by molar-refractivity contribution is 7.86. The molecule has 19 heteroatoms. The quantitative estimate of drug-likeness (QED) is 0.133. The Bertz CT molecular complexity index is 2550. The Morgan fingerprint density at radius 1 is 0.727 bits per heavy atom. The number of nitrogens with zero attached hydrogens (tertiary/aromatic N) is 1. The molecule has 0 spiro atoms. The Kier molecular flexibility index (Phi) is 11.9. The number of hydrogen-bond acceptors (Lipinski definition) is 10. The highest BCUT2D eigenvalue weighted by Crippen LogP contribution is 2.48. The highest BCUT2D eigenvalue weighted by Gasteiger charge is 2.40. The van der Waals surface area contributed by atoms with Gasteiger partial charge in [0.25, 0.3) is 40.5 Å². The van der Waals surface area contributed by atoms with Gasteiger partial charge in [0.1, 0.15) is 0 Å². The summed E-state index contributed by atoms with van der Waals surface area (Å²) in [6.45, 7) is 7.40. The lowest BCUT2D eigenvalue weighted by atomic mass is 9.78. The molecule has 0 aromatic heterocycles. The second-order valence-corrected chi connectivity index (χ2v) is 21.1. The number of benzene rings is 2. The van der Waals surface area contributed by atoms with Crippen LogP contribution in [0.5, 0.6) is 0 Å². The van der Waals surface area contributed by atoms with Gasteiger partial charge in [-0.05, 0) is 115 Å². The molecule has 2 heterocycles. The topological polar surface area (TPSA) is 242 Å². The molecule has 2 aromatic rings. The zero-order chi connectivity index (χ0) is 40.9. The van der Waals surface area contributed by atoms with Crippen LogP contribution in [0.25, 0.3) is 0 Å². The minimum atomic E-state index is -4.67. The average molecular weight is 859 g/mol. The van der Waals surface area contributed by atoms with Crippen LogP contribution in [-0.4, -0.2) is 69.1 Å². The number of aliphatic imine (C=N–C) groups is 1. The fraction of sp³-hybridized carbons (Fsp3) is 0.417. The maximum atomic E-state index is 12.3. The highest BCUT2D eigenvalue weighted by atomic mass is 35.5. The molecule has 0 saturated heterocycles. The molecule has 0 saturated carbocycles. The lowest BCUT2D eigenvalue weighted by molar-refractivity contribution is 0.476. The van der Waals surface area contributed by atoms with Crippen molar-refractivity contribution in [3.8, 4) is 0 Å². The van der Waals surface area contributed by atoms with Crippen LogP contribution in [0.3, 0.4) is 0 Å². The van der Waals surface area contributed by atoms with E-state index in [-0.39, 0.29) is 46.6 Å². The van der Waals surface area contributed by atoms with Crippen molar-refractivity contribution < 1.29 is 51.9 Å². The van der Waals surface area contributed by atoms with Gasteiger partial charge in [-0.2, -0.15) is 33.7 Å². The molecule has 55 heavy (non-hydrogen) atoms. The molecule has 2 aromatic carbocycles. The van der Waals surface area contributed by atoms with Crippen LogP contribution in [-0.2, 0) is 64.1 Å². The van der Waals surface area contributed by atoms with Gasteiger partial charge in [-0.1, -0.05) is 51.4 Å². The lowest BCUT2D eigenvalue weighted by Gasteiger charge is -2.25. The van der Waals surface area contributed by atoms with Crippen LogP contribution < -0.4 is 5.32 Å². The molecule has 3 aliphatic rings. The molecule has 0 amide bonds. The van der Waals surface area contributed by atoms with Crippen molar-refractivity contribution in [1.29, 1.82) is 0 Å². The van der Waals surface area contributed by atoms with Crippen LogP contribution in [0.4, 0.5) is 11.4 Å². The van der Waals surface area contributed by atoms with Gasteiger partial charge in [0.2, 0.25) is 0 Å². The van der Waals surface area contributed by atoms with Crippen LogP contribution in [0.1, 0.15) is 82.1 Å². The summed E-state index contributed by atoms with van der Waals surface area (Å²) in [6, 6.07) is 5.51. The Morgan fingerprint density at radius 3 is 1.82 bits per heavy atom. The van der Waals surface area contributed by atoms with Gasteiger partial charge >= 0.3 is 0 Å². The monoisotopic (exact) mass is 858 g/mol. The second-order valence-electron chi connectivity index (χ2n) is 14.8. The average Bonchev–Trinajstić information content (AvgIpc) is 3.45. The first-order chi connectivity index (χ1) is 25.2. The first kappa shape index (κ1) is 42.9. The van der Waals surface area contributed by atoms with E-state index in [9.17, 15) is 51.9 Å². The Balaban J connectivity index is 1.44. The van der Waals surface area contributed by atoms with Gasteiger partial charge in [-0.3, -0.25) is 23.2 Å². The third-order valence-electron chi connectivity index (χ3n) is 10.2.